The molecule has 1 aliphatic carbocycles. The van der Waals surface area contributed by atoms with Crippen molar-refractivity contribution < 1.29 is 5.11 Å². The smallest absolute Gasteiger partial charge is 0.227 e. The molecule has 3 aromatic rings. The zero-order chi connectivity index (χ0) is 18.2. The van der Waals surface area contributed by atoms with Crippen molar-refractivity contribution in [3.05, 3.63) is 23.2 Å². The lowest BCUT2D eigenvalue weighted by molar-refractivity contribution is 0.244. The van der Waals surface area contributed by atoms with Crippen LogP contribution in [0.3, 0.4) is 0 Å². The van der Waals surface area contributed by atoms with Crippen LogP contribution in [0, 0.1) is 5.92 Å². The van der Waals surface area contributed by atoms with Gasteiger partial charge in [-0.2, -0.15) is 10.1 Å². The van der Waals surface area contributed by atoms with Gasteiger partial charge in [0.15, 0.2) is 11.6 Å². The molecule has 1 atom stereocenters. The number of rotatable bonds is 6. The lowest BCUT2D eigenvalue weighted by Gasteiger charge is -2.32. The fraction of sp³-hybridized carbons (Fsp3) is 0.526. The highest BCUT2D eigenvalue weighted by molar-refractivity contribution is 7.17. The van der Waals surface area contributed by atoms with Crippen LogP contribution in [-0.2, 0) is 0 Å². The third-order valence-corrected chi connectivity index (χ3v) is 6.40. The Hall–Kier alpha value is -2.19. The lowest BCUT2D eigenvalue weighted by Crippen LogP contribution is -2.37. The predicted molar refractivity (Wildman–Crippen MR) is 108 cm³/mol. The molecule has 1 saturated heterocycles. The molecule has 2 aliphatic rings. The van der Waals surface area contributed by atoms with Gasteiger partial charge in [0.1, 0.15) is 0 Å². The normalized spacial score (nSPS) is 20.3. The number of nitrogens with one attached hydrogen (secondary N) is 2. The minimum atomic E-state index is 0.248. The average Bonchev–Trinajstić information content (AvgIpc) is 3.23. The van der Waals surface area contributed by atoms with Gasteiger partial charge in [0.25, 0.3) is 0 Å². The number of nitrogens with zero attached hydrogens (tertiary/aromatic N) is 4. The summed E-state index contributed by atoms with van der Waals surface area (Å²) in [5.74, 6) is 3.56. The van der Waals surface area contributed by atoms with E-state index in [1.165, 1.54) is 25.0 Å². The quantitative estimate of drug-likeness (QED) is 0.601. The Balaban J connectivity index is 1.43. The summed E-state index contributed by atoms with van der Waals surface area (Å²) in [6.07, 6.45) is 5.62. The molecule has 0 aromatic carbocycles. The molecule has 0 bridgehead atoms. The number of hydrogen-bond acceptors (Lipinski definition) is 7. The van der Waals surface area contributed by atoms with Gasteiger partial charge in [0.05, 0.1) is 10.2 Å². The van der Waals surface area contributed by atoms with Crippen molar-refractivity contribution in [1.29, 1.82) is 0 Å². The summed E-state index contributed by atoms with van der Waals surface area (Å²) in [7, 11) is 0. The Kier molecular flexibility index (Phi) is 4.45. The minimum absolute atomic E-state index is 0.248. The van der Waals surface area contributed by atoms with Crippen LogP contribution in [0.25, 0.3) is 10.2 Å². The predicted octanol–water partition coefficient (Wildman–Crippen LogP) is 3.63. The molecule has 3 N–H and O–H groups in total. The maximum atomic E-state index is 9.27. The number of fused-ring (bicyclic) bond motifs is 1. The summed E-state index contributed by atoms with van der Waals surface area (Å²) in [6.45, 7) is 2.12. The van der Waals surface area contributed by atoms with Crippen molar-refractivity contribution in [3.8, 4) is 0 Å². The van der Waals surface area contributed by atoms with Crippen LogP contribution < -0.4 is 10.2 Å². The number of H-pyrrole nitrogens is 1. The van der Waals surface area contributed by atoms with Gasteiger partial charge in [-0.25, -0.2) is 4.98 Å². The van der Waals surface area contributed by atoms with E-state index >= 15 is 0 Å². The summed E-state index contributed by atoms with van der Waals surface area (Å²) in [5.41, 5.74) is 2.17. The first kappa shape index (κ1) is 16.9. The van der Waals surface area contributed by atoms with Gasteiger partial charge in [-0.05, 0) is 49.5 Å². The number of aliphatic hydroxyl groups excluding tert-OH is 1. The number of thiophene rings is 1. The van der Waals surface area contributed by atoms with Gasteiger partial charge in [-0.15, -0.1) is 11.3 Å². The average molecular weight is 385 g/mol. The van der Waals surface area contributed by atoms with Gasteiger partial charge in [-0.1, -0.05) is 0 Å². The molecule has 1 aliphatic heterocycles. The molecule has 3 aromatic heterocycles. The van der Waals surface area contributed by atoms with Crippen molar-refractivity contribution in [3.63, 3.8) is 0 Å². The van der Waals surface area contributed by atoms with Gasteiger partial charge >= 0.3 is 0 Å². The van der Waals surface area contributed by atoms with E-state index in [9.17, 15) is 5.11 Å². The van der Waals surface area contributed by atoms with E-state index < -0.39 is 0 Å². The molecule has 0 radical (unpaired) electrons. The van der Waals surface area contributed by atoms with Crippen LogP contribution >= 0.6 is 11.3 Å². The van der Waals surface area contributed by atoms with E-state index in [0.717, 1.165) is 53.7 Å². The van der Waals surface area contributed by atoms with Crippen LogP contribution in [-0.4, -0.2) is 45.0 Å². The largest absolute Gasteiger partial charge is 0.396 e. The zero-order valence-electron chi connectivity index (χ0n) is 15.2. The molecule has 8 heteroatoms. The summed E-state index contributed by atoms with van der Waals surface area (Å²) < 4.78 is 1.05. The molecule has 7 nitrogen and oxygen atoms in total. The molecule has 27 heavy (non-hydrogen) atoms. The van der Waals surface area contributed by atoms with Crippen LogP contribution in [0.5, 0.6) is 0 Å². The molecule has 0 spiro atoms. The highest BCUT2D eigenvalue weighted by atomic mass is 32.1. The van der Waals surface area contributed by atoms with Crippen molar-refractivity contribution in [1.82, 2.24) is 20.2 Å². The summed E-state index contributed by atoms with van der Waals surface area (Å²) in [4.78, 5) is 11.9. The number of aromatic amines is 1. The second-order valence-corrected chi connectivity index (χ2v) is 8.50. The number of hydrogen-bond donors (Lipinski definition) is 3. The van der Waals surface area contributed by atoms with Gasteiger partial charge in [-0.3, -0.25) is 5.10 Å². The van der Waals surface area contributed by atoms with Gasteiger partial charge < -0.3 is 15.3 Å². The third kappa shape index (κ3) is 3.51. The molecule has 1 unspecified atom stereocenters. The monoisotopic (exact) mass is 384 g/mol. The second kappa shape index (κ2) is 7.09. The second-order valence-electron chi connectivity index (χ2n) is 7.58. The Morgan fingerprint density at radius 1 is 1.30 bits per heavy atom. The van der Waals surface area contributed by atoms with Crippen LogP contribution in [0.1, 0.15) is 43.7 Å². The number of anilines is 3. The van der Waals surface area contributed by atoms with E-state index in [1.807, 2.05) is 6.07 Å². The van der Waals surface area contributed by atoms with E-state index in [4.69, 9.17) is 9.97 Å². The minimum Gasteiger partial charge on any atom is -0.396 e. The Bertz CT molecular complexity index is 931. The first-order valence-corrected chi connectivity index (χ1v) is 10.6. The van der Waals surface area contributed by atoms with E-state index in [-0.39, 0.29) is 6.61 Å². The van der Waals surface area contributed by atoms with E-state index in [2.05, 4.69) is 31.9 Å². The molecule has 1 saturated carbocycles. The summed E-state index contributed by atoms with van der Waals surface area (Å²) >= 11 is 1.65. The van der Waals surface area contributed by atoms with Gasteiger partial charge in [0, 0.05) is 37.4 Å². The molecular weight excluding hydrogens is 360 g/mol. The SMILES string of the molecule is OCCC1CCCN(c2nc(Nc3cc(C4CC4)[nH]n3)c3sccc3n2)C1. The van der Waals surface area contributed by atoms with Crippen LogP contribution in [0.15, 0.2) is 17.5 Å². The number of aromatic nitrogens is 4. The number of aliphatic hydroxyl groups is 1. The fourth-order valence-electron chi connectivity index (χ4n) is 3.87. The van der Waals surface area contributed by atoms with Crippen molar-refractivity contribution in [2.75, 3.05) is 29.9 Å². The third-order valence-electron chi connectivity index (χ3n) is 5.49. The fourth-order valence-corrected chi connectivity index (χ4v) is 4.64. The molecule has 0 amide bonds. The first-order valence-electron chi connectivity index (χ1n) is 9.73. The molecular formula is C19H24N6OS. The van der Waals surface area contributed by atoms with Crippen LogP contribution in [0.2, 0.25) is 0 Å². The van der Waals surface area contributed by atoms with Crippen LogP contribution in [0.4, 0.5) is 17.6 Å². The van der Waals surface area contributed by atoms with Crippen molar-refractivity contribution in [2.24, 2.45) is 5.92 Å². The highest BCUT2D eigenvalue weighted by Crippen LogP contribution is 2.40. The molecule has 142 valence electrons. The molecule has 4 heterocycles. The maximum absolute atomic E-state index is 9.27. The Morgan fingerprint density at radius 3 is 3.07 bits per heavy atom. The van der Waals surface area contributed by atoms with Crippen molar-refractivity contribution in [2.45, 2.75) is 38.0 Å². The van der Waals surface area contributed by atoms with Gasteiger partial charge in [0.2, 0.25) is 5.95 Å². The molecule has 2 fully saturated rings. The molecule has 5 rings (SSSR count). The Morgan fingerprint density at radius 2 is 2.22 bits per heavy atom. The zero-order valence-corrected chi connectivity index (χ0v) is 16.0. The Labute approximate surface area is 161 Å². The lowest BCUT2D eigenvalue weighted by atomic mass is 9.95. The first-order chi connectivity index (χ1) is 13.3. The number of piperidine rings is 1. The topological polar surface area (TPSA) is 90.0 Å². The summed E-state index contributed by atoms with van der Waals surface area (Å²) in [6, 6.07) is 4.14. The maximum Gasteiger partial charge on any atom is 0.227 e. The summed E-state index contributed by atoms with van der Waals surface area (Å²) in [5, 5.41) is 22.3. The standard InChI is InChI=1S/C19H24N6OS/c26-8-5-12-2-1-7-25(11-12)19-20-14-6-9-27-17(14)18(22-19)21-16-10-15(23-24-16)13-3-4-13/h6,9-10,12-13,26H,1-5,7-8,11H2,(H2,20,21,22,23,24). The van der Waals surface area contributed by atoms with E-state index in [1.54, 1.807) is 11.3 Å². The highest BCUT2D eigenvalue weighted by Gasteiger charge is 2.26. The van der Waals surface area contributed by atoms with Crippen molar-refractivity contribution >= 4 is 39.1 Å². The van der Waals surface area contributed by atoms with E-state index in [0.29, 0.717) is 11.8 Å².